The molecular weight excluding hydrogens is 418 g/mol. The Kier molecular flexibility index (Phi) is 6.63. The molecule has 0 fully saturated rings. The van der Waals surface area contributed by atoms with Crippen LogP contribution < -0.4 is 9.47 Å². The molecule has 3 aromatic carbocycles. The van der Waals surface area contributed by atoms with Crippen molar-refractivity contribution >= 4 is 22.6 Å². The summed E-state index contributed by atoms with van der Waals surface area (Å²) < 4.78 is 22.9. The molecule has 1 aliphatic rings. The molecule has 0 saturated carbocycles. The Labute approximate surface area is 193 Å². The standard InChI is InChI=1S/C27H27NO5/c1-5-31-17(3)28-26-25(27(29)32-6-2)24(20-13-9-10-14-21(20)30-4)23-19-12-8-7-11-18(19)15-16-22(23)33-26/h7-16,24H,5-6H2,1-4H3/b28-17+. The third kappa shape index (κ3) is 4.29. The number of nitrogens with zero attached hydrogens (tertiary/aromatic N) is 1. The van der Waals surface area contributed by atoms with Crippen molar-refractivity contribution in [1.29, 1.82) is 0 Å². The lowest BCUT2D eigenvalue weighted by Crippen LogP contribution is -2.24. The molecule has 0 bridgehead atoms. The number of benzene rings is 3. The maximum absolute atomic E-state index is 13.4. The molecule has 6 nitrogen and oxygen atoms in total. The van der Waals surface area contributed by atoms with Gasteiger partial charge < -0.3 is 18.9 Å². The molecule has 1 atom stereocenters. The Bertz CT molecular complexity index is 1240. The van der Waals surface area contributed by atoms with E-state index in [9.17, 15) is 4.79 Å². The maximum atomic E-state index is 13.4. The first-order valence-corrected chi connectivity index (χ1v) is 11.0. The van der Waals surface area contributed by atoms with Gasteiger partial charge in [0.2, 0.25) is 5.88 Å². The van der Waals surface area contributed by atoms with Gasteiger partial charge in [0.1, 0.15) is 17.1 Å². The average molecular weight is 446 g/mol. The molecule has 3 aromatic rings. The molecule has 0 amide bonds. The number of fused-ring (bicyclic) bond motifs is 3. The van der Waals surface area contributed by atoms with Crippen molar-refractivity contribution in [1.82, 2.24) is 0 Å². The summed E-state index contributed by atoms with van der Waals surface area (Å²) in [6.45, 7) is 6.06. The maximum Gasteiger partial charge on any atom is 0.340 e. The number of aliphatic imine (C=N–C) groups is 1. The van der Waals surface area contributed by atoms with Crippen LogP contribution in [0.15, 0.2) is 77.1 Å². The van der Waals surface area contributed by atoms with Crippen molar-refractivity contribution in [3.05, 3.63) is 83.2 Å². The number of hydrogen-bond acceptors (Lipinski definition) is 6. The van der Waals surface area contributed by atoms with Crippen LogP contribution in [0.4, 0.5) is 0 Å². The number of rotatable bonds is 6. The van der Waals surface area contributed by atoms with Crippen molar-refractivity contribution in [2.45, 2.75) is 26.7 Å². The van der Waals surface area contributed by atoms with Crippen LogP contribution in [-0.2, 0) is 14.3 Å². The Morgan fingerprint density at radius 3 is 2.45 bits per heavy atom. The van der Waals surface area contributed by atoms with E-state index in [0.717, 1.165) is 21.9 Å². The molecule has 170 valence electrons. The summed E-state index contributed by atoms with van der Waals surface area (Å²) in [6.07, 6.45) is 0. The topological polar surface area (TPSA) is 66.4 Å². The fraction of sp³-hybridized carbons (Fsp3) is 0.259. The van der Waals surface area contributed by atoms with Crippen molar-refractivity contribution in [2.24, 2.45) is 4.99 Å². The van der Waals surface area contributed by atoms with E-state index in [1.807, 2.05) is 67.6 Å². The summed E-state index contributed by atoms with van der Waals surface area (Å²) in [5, 5.41) is 2.03. The van der Waals surface area contributed by atoms with Crippen LogP contribution >= 0.6 is 0 Å². The molecule has 0 N–H and O–H groups in total. The first-order valence-electron chi connectivity index (χ1n) is 11.0. The van der Waals surface area contributed by atoms with Crippen LogP contribution in [0.3, 0.4) is 0 Å². The number of carbonyl (C=O) groups excluding carboxylic acids is 1. The molecule has 1 unspecified atom stereocenters. The summed E-state index contributed by atoms with van der Waals surface area (Å²) in [7, 11) is 1.62. The van der Waals surface area contributed by atoms with Gasteiger partial charge in [0.05, 0.1) is 26.2 Å². The smallest absolute Gasteiger partial charge is 0.340 e. The zero-order chi connectivity index (χ0) is 23.4. The summed E-state index contributed by atoms with van der Waals surface area (Å²) in [5.74, 6) is 0.851. The number of hydrogen-bond donors (Lipinski definition) is 0. The largest absolute Gasteiger partial charge is 0.496 e. The van der Waals surface area contributed by atoms with Crippen LogP contribution in [0, 0.1) is 0 Å². The predicted molar refractivity (Wildman–Crippen MR) is 128 cm³/mol. The number of methoxy groups -OCH3 is 1. The summed E-state index contributed by atoms with van der Waals surface area (Å²) in [4.78, 5) is 17.9. The summed E-state index contributed by atoms with van der Waals surface area (Å²) in [5.41, 5.74) is 2.00. The highest BCUT2D eigenvalue weighted by molar-refractivity contribution is 5.97. The second-order valence-corrected chi connectivity index (χ2v) is 7.48. The Hall–Kier alpha value is -3.80. The number of para-hydroxylation sites is 1. The van der Waals surface area contributed by atoms with Crippen LogP contribution in [0.5, 0.6) is 11.5 Å². The minimum atomic E-state index is -0.511. The fourth-order valence-corrected chi connectivity index (χ4v) is 4.19. The normalized spacial score (nSPS) is 15.6. The molecule has 0 radical (unpaired) electrons. The van der Waals surface area contributed by atoms with Crippen molar-refractivity contribution in [3.63, 3.8) is 0 Å². The summed E-state index contributed by atoms with van der Waals surface area (Å²) >= 11 is 0. The Balaban J connectivity index is 2.07. The van der Waals surface area contributed by atoms with Gasteiger partial charge in [-0.2, -0.15) is 4.99 Å². The van der Waals surface area contributed by atoms with Crippen LogP contribution in [0.1, 0.15) is 37.8 Å². The molecule has 6 heteroatoms. The molecule has 0 spiro atoms. The van der Waals surface area contributed by atoms with Gasteiger partial charge >= 0.3 is 5.97 Å². The Morgan fingerprint density at radius 1 is 0.970 bits per heavy atom. The SMILES string of the molecule is CCOC(=O)C1=C(/N=C(\C)OCC)Oc2ccc3ccccc3c2C1c1ccccc1OC. The average Bonchev–Trinajstić information content (AvgIpc) is 2.83. The monoisotopic (exact) mass is 445 g/mol. The second-order valence-electron chi connectivity index (χ2n) is 7.48. The van der Waals surface area contributed by atoms with Crippen LogP contribution in [-0.4, -0.2) is 32.2 Å². The number of carbonyl (C=O) groups is 1. The van der Waals surface area contributed by atoms with E-state index in [1.165, 1.54) is 0 Å². The summed E-state index contributed by atoms with van der Waals surface area (Å²) in [6, 6.07) is 19.6. The van der Waals surface area contributed by atoms with E-state index < -0.39 is 11.9 Å². The minimum absolute atomic E-state index is 0.165. The molecule has 0 aromatic heterocycles. The van der Waals surface area contributed by atoms with E-state index in [4.69, 9.17) is 18.9 Å². The fourth-order valence-electron chi connectivity index (χ4n) is 4.19. The van der Waals surface area contributed by atoms with Crippen molar-refractivity contribution in [3.8, 4) is 11.5 Å². The number of esters is 1. The van der Waals surface area contributed by atoms with E-state index in [2.05, 4.69) is 4.99 Å². The quantitative estimate of drug-likeness (QED) is 0.281. The lowest BCUT2D eigenvalue weighted by atomic mass is 9.80. The molecule has 33 heavy (non-hydrogen) atoms. The zero-order valence-electron chi connectivity index (χ0n) is 19.3. The van der Waals surface area contributed by atoms with Gasteiger partial charge in [0.25, 0.3) is 0 Å². The first kappa shape index (κ1) is 22.4. The van der Waals surface area contributed by atoms with Gasteiger partial charge in [-0.3, -0.25) is 0 Å². The van der Waals surface area contributed by atoms with Gasteiger partial charge in [-0.25, -0.2) is 4.79 Å². The van der Waals surface area contributed by atoms with E-state index >= 15 is 0 Å². The molecule has 0 saturated heterocycles. The molecule has 0 aliphatic carbocycles. The second kappa shape index (κ2) is 9.77. The first-order chi connectivity index (χ1) is 16.1. The third-order valence-corrected chi connectivity index (χ3v) is 5.50. The van der Waals surface area contributed by atoms with E-state index in [-0.39, 0.29) is 12.5 Å². The van der Waals surface area contributed by atoms with Crippen LogP contribution in [0.2, 0.25) is 0 Å². The zero-order valence-corrected chi connectivity index (χ0v) is 19.3. The lowest BCUT2D eigenvalue weighted by molar-refractivity contribution is -0.139. The predicted octanol–water partition coefficient (Wildman–Crippen LogP) is 5.60. The van der Waals surface area contributed by atoms with Gasteiger partial charge in [-0.15, -0.1) is 0 Å². The van der Waals surface area contributed by atoms with Gasteiger partial charge in [-0.1, -0.05) is 48.5 Å². The highest BCUT2D eigenvalue weighted by atomic mass is 16.5. The molecule has 1 heterocycles. The van der Waals surface area contributed by atoms with Crippen LogP contribution in [0.25, 0.3) is 10.8 Å². The van der Waals surface area contributed by atoms with E-state index in [0.29, 0.717) is 29.6 Å². The highest BCUT2D eigenvalue weighted by Crippen LogP contribution is 2.49. The molecule has 1 aliphatic heterocycles. The number of ether oxygens (including phenoxy) is 4. The van der Waals surface area contributed by atoms with Gasteiger partial charge in [0.15, 0.2) is 5.90 Å². The minimum Gasteiger partial charge on any atom is -0.496 e. The van der Waals surface area contributed by atoms with Gasteiger partial charge in [0, 0.05) is 18.1 Å². The van der Waals surface area contributed by atoms with Gasteiger partial charge in [-0.05, 0) is 36.8 Å². The highest BCUT2D eigenvalue weighted by Gasteiger charge is 2.39. The molecule has 4 rings (SSSR count). The van der Waals surface area contributed by atoms with E-state index in [1.54, 1.807) is 21.0 Å². The third-order valence-electron chi connectivity index (χ3n) is 5.50. The Morgan fingerprint density at radius 2 is 1.70 bits per heavy atom. The lowest BCUT2D eigenvalue weighted by Gasteiger charge is -2.30. The van der Waals surface area contributed by atoms with Crippen molar-refractivity contribution in [2.75, 3.05) is 20.3 Å². The van der Waals surface area contributed by atoms with Crippen molar-refractivity contribution < 1.29 is 23.7 Å². The molecular formula is C27H27NO5.